The van der Waals surface area contributed by atoms with Crippen molar-refractivity contribution in [2.45, 2.75) is 30.2 Å². The largest absolute Gasteiger partial charge is 0.495 e. The van der Waals surface area contributed by atoms with Gasteiger partial charge in [-0.2, -0.15) is 0 Å². The number of aliphatic hydroxyl groups excluding tert-OH is 1. The van der Waals surface area contributed by atoms with Crippen molar-refractivity contribution in [1.82, 2.24) is 4.72 Å². The van der Waals surface area contributed by atoms with Crippen LogP contribution in [0.25, 0.3) is 0 Å². The zero-order valence-electron chi connectivity index (χ0n) is 11.4. The fraction of sp³-hybridized carbons (Fsp3) is 0.538. The molecule has 112 valence electrons. The summed E-state index contributed by atoms with van der Waals surface area (Å²) in [6, 6.07) is 4.15. The van der Waals surface area contributed by atoms with Crippen LogP contribution in [0.1, 0.15) is 19.3 Å². The number of aliphatic hydroxyl groups is 1. The Labute approximate surface area is 119 Å². The second kappa shape index (κ2) is 5.99. The number of nitrogens with two attached hydrogens (primary N) is 1. The van der Waals surface area contributed by atoms with Crippen molar-refractivity contribution in [3.05, 3.63) is 18.2 Å². The summed E-state index contributed by atoms with van der Waals surface area (Å²) in [6.45, 7) is -0.00205. The summed E-state index contributed by atoms with van der Waals surface area (Å²) in [6.07, 6.45) is 2.51. The first kappa shape index (κ1) is 15.1. The van der Waals surface area contributed by atoms with E-state index in [1.807, 2.05) is 0 Å². The van der Waals surface area contributed by atoms with E-state index in [4.69, 9.17) is 10.5 Å². The summed E-state index contributed by atoms with van der Waals surface area (Å²) in [5.74, 6) is 0.429. The minimum atomic E-state index is -3.63. The zero-order valence-corrected chi connectivity index (χ0v) is 12.2. The van der Waals surface area contributed by atoms with E-state index in [0.717, 1.165) is 19.3 Å². The van der Waals surface area contributed by atoms with Crippen LogP contribution < -0.4 is 15.2 Å². The molecule has 0 radical (unpaired) electrons. The maximum absolute atomic E-state index is 12.3. The Morgan fingerprint density at radius 2 is 2.20 bits per heavy atom. The fourth-order valence-corrected chi connectivity index (χ4v) is 3.93. The third kappa shape index (κ3) is 3.05. The first-order chi connectivity index (χ1) is 9.47. The van der Waals surface area contributed by atoms with Crippen LogP contribution in [-0.4, -0.2) is 33.3 Å². The molecule has 0 bridgehead atoms. The van der Waals surface area contributed by atoms with Gasteiger partial charge in [0.25, 0.3) is 0 Å². The number of sulfonamides is 1. The monoisotopic (exact) mass is 300 g/mol. The summed E-state index contributed by atoms with van der Waals surface area (Å²) in [7, 11) is -2.16. The van der Waals surface area contributed by atoms with Crippen molar-refractivity contribution in [2.24, 2.45) is 5.92 Å². The van der Waals surface area contributed by atoms with E-state index in [-0.39, 0.29) is 29.1 Å². The van der Waals surface area contributed by atoms with Crippen LogP contribution in [0.2, 0.25) is 0 Å². The average molecular weight is 300 g/mol. The normalized spacial score (nSPS) is 22.9. The molecule has 1 aromatic rings. The quantitative estimate of drug-likeness (QED) is 0.695. The number of nitrogen functional groups attached to an aromatic ring is 1. The van der Waals surface area contributed by atoms with Crippen LogP contribution in [-0.2, 0) is 10.0 Å². The lowest BCUT2D eigenvalue weighted by Crippen LogP contribution is -2.38. The molecule has 1 aliphatic rings. The fourth-order valence-electron chi connectivity index (χ4n) is 2.56. The molecule has 2 rings (SSSR count). The summed E-state index contributed by atoms with van der Waals surface area (Å²) in [5, 5.41) is 9.24. The van der Waals surface area contributed by atoms with E-state index in [1.54, 1.807) is 0 Å². The molecular weight excluding hydrogens is 280 g/mol. The standard InChI is InChI=1S/C13H20N2O4S/c1-19-13-6-5-10(7-11(13)14)20(17,18)15-12-4-2-3-9(12)8-16/h5-7,9,12,15-16H,2-4,8,14H2,1H3. The Kier molecular flexibility index (Phi) is 4.52. The summed E-state index contributed by atoms with van der Waals surface area (Å²) >= 11 is 0. The van der Waals surface area contributed by atoms with Crippen LogP contribution >= 0.6 is 0 Å². The third-order valence-electron chi connectivity index (χ3n) is 3.71. The van der Waals surface area contributed by atoms with Crippen LogP contribution in [0.4, 0.5) is 5.69 Å². The van der Waals surface area contributed by atoms with Gasteiger partial charge in [0, 0.05) is 12.6 Å². The average Bonchev–Trinajstić information content (AvgIpc) is 2.85. The highest BCUT2D eigenvalue weighted by atomic mass is 32.2. The molecule has 1 aromatic carbocycles. The molecule has 0 heterocycles. The number of ether oxygens (including phenoxy) is 1. The highest BCUT2D eigenvalue weighted by molar-refractivity contribution is 7.89. The van der Waals surface area contributed by atoms with Crippen molar-refractivity contribution < 1.29 is 18.3 Å². The number of rotatable bonds is 5. The molecule has 7 heteroatoms. The minimum Gasteiger partial charge on any atom is -0.495 e. The van der Waals surface area contributed by atoms with Gasteiger partial charge in [0.15, 0.2) is 0 Å². The Bertz CT molecular complexity index is 574. The number of methoxy groups -OCH3 is 1. The Morgan fingerprint density at radius 3 is 2.80 bits per heavy atom. The van der Waals surface area contributed by atoms with Crippen LogP contribution in [0.3, 0.4) is 0 Å². The molecule has 0 aliphatic heterocycles. The van der Waals surface area contributed by atoms with Crippen LogP contribution in [0.5, 0.6) is 5.75 Å². The molecule has 1 aliphatic carbocycles. The highest BCUT2D eigenvalue weighted by Crippen LogP contribution is 2.28. The van der Waals surface area contributed by atoms with Gasteiger partial charge in [0.05, 0.1) is 17.7 Å². The van der Waals surface area contributed by atoms with Gasteiger partial charge in [0.1, 0.15) is 5.75 Å². The molecule has 2 atom stereocenters. The first-order valence-corrected chi connectivity index (χ1v) is 8.03. The zero-order chi connectivity index (χ0) is 14.8. The Balaban J connectivity index is 2.20. The number of hydrogen-bond acceptors (Lipinski definition) is 5. The Hall–Kier alpha value is -1.31. The lowest BCUT2D eigenvalue weighted by Gasteiger charge is -2.19. The molecule has 2 unspecified atom stereocenters. The molecule has 1 fully saturated rings. The molecule has 0 spiro atoms. The lowest BCUT2D eigenvalue weighted by atomic mass is 10.1. The molecule has 0 saturated heterocycles. The number of hydrogen-bond donors (Lipinski definition) is 3. The SMILES string of the molecule is COc1ccc(S(=O)(=O)NC2CCCC2CO)cc1N. The second-order valence-electron chi connectivity index (χ2n) is 5.01. The van der Waals surface area contributed by atoms with Crippen LogP contribution in [0.15, 0.2) is 23.1 Å². The van der Waals surface area contributed by atoms with Gasteiger partial charge in [-0.15, -0.1) is 0 Å². The molecule has 4 N–H and O–H groups in total. The highest BCUT2D eigenvalue weighted by Gasteiger charge is 2.30. The number of nitrogens with one attached hydrogen (secondary N) is 1. The molecule has 1 saturated carbocycles. The molecule has 20 heavy (non-hydrogen) atoms. The molecular formula is C13H20N2O4S. The van der Waals surface area contributed by atoms with Gasteiger partial charge in [0.2, 0.25) is 10.0 Å². The van der Waals surface area contributed by atoms with Crippen molar-refractivity contribution in [2.75, 3.05) is 19.5 Å². The molecule has 0 amide bonds. The van der Waals surface area contributed by atoms with E-state index in [0.29, 0.717) is 5.75 Å². The maximum Gasteiger partial charge on any atom is 0.240 e. The van der Waals surface area contributed by atoms with E-state index >= 15 is 0 Å². The van der Waals surface area contributed by atoms with Crippen molar-refractivity contribution >= 4 is 15.7 Å². The van der Waals surface area contributed by atoms with Gasteiger partial charge in [-0.3, -0.25) is 0 Å². The third-order valence-corrected chi connectivity index (χ3v) is 5.20. The summed E-state index contributed by atoms with van der Waals surface area (Å²) < 4.78 is 32.3. The first-order valence-electron chi connectivity index (χ1n) is 6.54. The summed E-state index contributed by atoms with van der Waals surface area (Å²) in [5.41, 5.74) is 6.01. The van der Waals surface area contributed by atoms with E-state index in [2.05, 4.69) is 4.72 Å². The lowest BCUT2D eigenvalue weighted by molar-refractivity contribution is 0.213. The molecule has 6 nitrogen and oxygen atoms in total. The van der Waals surface area contributed by atoms with Gasteiger partial charge in [-0.25, -0.2) is 13.1 Å². The topological polar surface area (TPSA) is 102 Å². The minimum absolute atomic E-state index is 0.00205. The number of anilines is 1. The van der Waals surface area contributed by atoms with Gasteiger partial charge < -0.3 is 15.6 Å². The maximum atomic E-state index is 12.3. The predicted octanol–water partition coefficient (Wildman–Crippen LogP) is 0.717. The van der Waals surface area contributed by atoms with Crippen molar-refractivity contribution in [3.63, 3.8) is 0 Å². The number of benzene rings is 1. The summed E-state index contributed by atoms with van der Waals surface area (Å²) in [4.78, 5) is 0.111. The van der Waals surface area contributed by atoms with Gasteiger partial charge in [-0.05, 0) is 37.0 Å². The van der Waals surface area contributed by atoms with E-state index < -0.39 is 10.0 Å². The Morgan fingerprint density at radius 1 is 1.45 bits per heavy atom. The second-order valence-corrected chi connectivity index (χ2v) is 6.72. The van der Waals surface area contributed by atoms with E-state index in [1.165, 1.54) is 25.3 Å². The van der Waals surface area contributed by atoms with Gasteiger partial charge in [-0.1, -0.05) is 6.42 Å². The predicted molar refractivity (Wildman–Crippen MR) is 75.9 cm³/mol. The van der Waals surface area contributed by atoms with E-state index in [9.17, 15) is 13.5 Å². The van der Waals surface area contributed by atoms with Gasteiger partial charge >= 0.3 is 0 Å². The smallest absolute Gasteiger partial charge is 0.240 e. The van der Waals surface area contributed by atoms with Crippen molar-refractivity contribution in [3.8, 4) is 5.75 Å². The van der Waals surface area contributed by atoms with Crippen LogP contribution in [0, 0.1) is 5.92 Å². The van der Waals surface area contributed by atoms with Crippen molar-refractivity contribution in [1.29, 1.82) is 0 Å². The molecule has 0 aromatic heterocycles.